The van der Waals surface area contributed by atoms with Gasteiger partial charge in [0.2, 0.25) is 0 Å². The van der Waals surface area contributed by atoms with Gasteiger partial charge >= 0.3 is 10.2 Å². The number of H-pyrrole nitrogens is 1. The first kappa shape index (κ1) is 18.1. The van der Waals surface area contributed by atoms with Crippen LogP contribution >= 0.6 is 0 Å². The predicted octanol–water partition coefficient (Wildman–Crippen LogP) is 3.20. The molecule has 144 valence electrons. The van der Waals surface area contributed by atoms with Crippen molar-refractivity contribution in [3.8, 4) is 11.1 Å². The van der Waals surface area contributed by atoms with Gasteiger partial charge in [-0.25, -0.2) is 4.39 Å². The molecule has 4 rings (SSSR count). The number of carbonyl (C=O) groups is 1. The molecule has 0 atom stereocenters. The van der Waals surface area contributed by atoms with E-state index < -0.39 is 10.2 Å². The molecular formula is C19H17FN4O3S. The van der Waals surface area contributed by atoms with E-state index in [4.69, 9.17) is 0 Å². The molecule has 2 heterocycles. The van der Waals surface area contributed by atoms with E-state index in [0.29, 0.717) is 22.8 Å². The van der Waals surface area contributed by atoms with Gasteiger partial charge in [-0.3, -0.25) is 13.4 Å². The second-order valence-corrected chi connectivity index (χ2v) is 8.40. The molecule has 1 aliphatic heterocycles. The Labute approximate surface area is 161 Å². The minimum Gasteiger partial charge on any atom is -0.357 e. The maximum atomic E-state index is 13.1. The highest BCUT2D eigenvalue weighted by Gasteiger charge is 2.35. The standard InChI is InChI=1S/C19H17FN4O3S/c1-23-17-8-7-15(10-18(17)24(2)28(23,26)27)22-19(25)16-9-13(11-21-16)12-3-5-14(20)6-4-12/h3-11,21H,1-2H3,(H,22,25). The van der Waals surface area contributed by atoms with Crippen molar-refractivity contribution in [3.63, 3.8) is 0 Å². The maximum absolute atomic E-state index is 13.1. The van der Waals surface area contributed by atoms with E-state index in [-0.39, 0.29) is 11.7 Å². The highest BCUT2D eigenvalue weighted by Crippen LogP contribution is 2.40. The molecule has 3 aromatic rings. The van der Waals surface area contributed by atoms with E-state index in [9.17, 15) is 17.6 Å². The van der Waals surface area contributed by atoms with E-state index in [1.165, 1.54) is 34.8 Å². The quantitative estimate of drug-likeness (QED) is 0.708. The molecule has 2 aromatic carbocycles. The average Bonchev–Trinajstić information content (AvgIpc) is 3.22. The number of fused-ring (bicyclic) bond motifs is 1. The summed E-state index contributed by atoms with van der Waals surface area (Å²) in [6.45, 7) is 0. The van der Waals surface area contributed by atoms with E-state index in [2.05, 4.69) is 10.3 Å². The summed E-state index contributed by atoms with van der Waals surface area (Å²) in [6.07, 6.45) is 1.67. The third kappa shape index (κ3) is 2.89. The van der Waals surface area contributed by atoms with Crippen LogP contribution in [0, 0.1) is 5.82 Å². The van der Waals surface area contributed by atoms with Crippen LogP contribution in [0.25, 0.3) is 11.1 Å². The Kier molecular flexibility index (Phi) is 4.11. The van der Waals surface area contributed by atoms with Gasteiger partial charge in [0.1, 0.15) is 11.5 Å². The Morgan fingerprint density at radius 3 is 2.36 bits per heavy atom. The summed E-state index contributed by atoms with van der Waals surface area (Å²) in [5.74, 6) is -0.698. The van der Waals surface area contributed by atoms with E-state index in [1.807, 2.05) is 0 Å². The lowest BCUT2D eigenvalue weighted by molar-refractivity contribution is 0.102. The zero-order valence-electron chi connectivity index (χ0n) is 15.1. The zero-order valence-corrected chi connectivity index (χ0v) is 15.9. The van der Waals surface area contributed by atoms with Gasteiger partial charge in [0.15, 0.2) is 0 Å². The van der Waals surface area contributed by atoms with Crippen LogP contribution in [-0.4, -0.2) is 33.4 Å². The number of amides is 1. The number of hydrogen-bond donors (Lipinski definition) is 2. The molecule has 1 aromatic heterocycles. The van der Waals surface area contributed by atoms with Gasteiger partial charge in [-0.2, -0.15) is 8.42 Å². The van der Waals surface area contributed by atoms with Crippen molar-refractivity contribution >= 4 is 33.2 Å². The monoisotopic (exact) mass is 400 g/mol. The number of nitrogens with zero attached hydrogens (tertiary/aromatic N) is 2. The van der Waals surface area contributed by atoms with Gasteiger partial charge < -0.3 is 10.3 Å². The van der Waals surface area contributed by atoms with Crippen molar-refractivity contribution in [2.45, 2.75) is 0 Å². The fourth-order valence-electron chi connectivity index (χ4n) is 3.08. The summed E-state index contributed by atoms with van der Waals surface area (Å²) in [5, 5.41) is 2.75. The Morgan fingerprint density at radius 2 is 1.64 bits per heavy atom. The summed E-state index contributed by atoms with van der Waals surface area (Å²) in [5.41, 5.74) is 3.37. The van der Waals surface area contributed by atoms with Gasteiger partial charge in [0.05, 0.1) is 11.4 Å². The number of nitrogens with one attached hydrogen (secondary N) is 2. The smallest absolute Gasteiger partial charge is 0.326 e. The summed E-state index contributed by atoms with van der Waals surface area (Å²) < 4.78 is 39.8. The molecule has 0 saturated heterocycles. The van der Waals surface area contributed by atoms with Crippen LogP contribution in [0.15, 0.2) is 54.7 Å². The first-order chi connectivity index (χ1) is 13.3. The lowest BCUT2D eigenvalue weighted by Crippen LogP contribution is -2.32. The number of halogens is 1. The number of anilines is 3. The van der Waals surface area contributed by atoms with Gasteiger partial charge in [0, 0.05) is 26.0 Å². The molecule has 0 spiro atoms. The molecule has 0 fully saturated rings. The SMILES string of the molecule is CN1c2ccc(NC(=O)c3cc(-c4ccc(F)cc4)c[nH]3)cc2N(C)S1(=O)=O. The molecule has 0 saturated carbocycles. The minimum atomic E-state index is -3.57. The highest BCUT2D eigenvalue weighted by atomic mass is 32.2. The van der Waals surface area contributed by atoms with Crippen LogP contribution in [0.4, 0.5) is 21.5 Å². The van der Waals surface area contributed by atoms with E-state index >= 15 is 0 Å². The number of carbonyl (C=O) groups excluding carboxylic acids is 1. The molecule has 1 aliphatic rings. The highest BCUT2D eigenvalue weighted by molar-refractivity contribution is 7.94. The molecule has 0 bridgehead atoms. The first-order valence-electron chi connectivity index (χ1n) is 8.40. The molecule has 1 amide bonds. The Balaban J connectivity index is 1.56. The van der Waals surface area contributed by atoms with Crippen molar-refractivity contribution < 1.29 is 17.6 Å². The summed E-state index contributed by atoms with van der Waals surface area (Å²) in [6, 6.07) is 12.5. The van der Waals surface area contributed by atoms with Crippen molar-refractivity contribution in [1.29, 1.82) is 0 Å². The minimum absolute atomic E-state index is 0.327. The molecular weight excluding hydrogens is 383 g/mol. The third-order valence-corrected chi connectivity index (χ3v) is 6.49. The second-order valence-electron chi connectivity index (χ2n) is 6.41. The number of rotatable bonds is 3. The topological polar surface area (TPSA) is 85.5 Å². The van der Waals surface area contributed by atoms with E-state index in [0.717, 1.165) is 11.1 Å². The summed E-state index contributed by atoms with van der Waals surface area (Å²) in [4.78, 5) is 15.4. The lowest BCUT2D eigenvalue weighted by atomic mass is 10.1. The van der Waals surface area contributed by atoms with Crippen molar-refractivity contribution in [3.05, 3.63) is 66.2 Å². The Morgan fingerprint density at radius 1 is 0.964 bits per heavy atom. The van der Waals surface area contributed by atoms with Gasteiger partial charge in [-0.05, 0) is 47.5 Å². The number of aromatic amines is 1. The molecule has 0 unspecified atom stereocenters. The van der Waals surface area contributed by atoms with Gasteiger partial charge in [-0.1, -0.05) is 12.1 Å². The molecule has 0 radical (unpaired) electrons. The Hall–Kier alpha value is -3.33. The fraction of sp³-hybridized carbons (Fsp3) is 0.105. The van der Waals surface area contributed by atoms with Crippen LogP contribution in [0.1, 0.15) is 10.5 Å². The normalized spacial score (nSPS) is 14.8. The predicted molar refractivity (Wildman–Crippen MR) is 106 cm³/mol. The fourth-order valence-corrected chi connectivity index (χ4v) is 4.25. The molecule has 0 aliphatic carbocycles. The number of benzene rings is 2. The van der Waals surface area contributed by atoms with Crippen LogP contribution in [0.5, 0.6) is 0 Å². The van der Waals surface area contributed by atoms with Gasteiger partial charge in [0.25, 0.3) is 5.91 Å². The lowest BCUT2D eigenvalue weighted by Gasteiger charge is -2.13. The molecule has 2 N–H and O–H groups in total. The average molecular weight is 400 g/mol. The first-order valence-corrected chi connectivity index (χ1v) is 9.79. The van der Waals surface area contributed by atoms with Crippen LogP contribution in [-0.2, 0) is 10.2 Å². The molecule has 28 heavy (non-hydrogen) atoms. The molecule has 7 nitrogen and oxygen atoms in total. The summed E-state index contributed by atoms with van der Waals surface area (Å²) >= 11 is 0. The number of aromatic nitrogens is 1. The van der Waals surface area contributed by atoms with Crippen LogP contribution in [0.3, 0.4) is 0 Å². The largest absolute Gasteiger partial charge is 0.357 e. The van der Waals surface area contributed by atoms with Crippen molar-refractivity contribution in [2.24, 2.45) is 0 Å². The van der Waals surface area contributed by atoms with Crippen molar-refractivity contribution in [1.82, 2.24) is 4.98 Å². The van der Waals surface area contributed by atoms with Crippen LogP contribution < -0.4 is 13.9 Å². The van der Waals surface area contributed by atoms with Gasteiger partial charge in [-0.15, -0.1) is 0 Å². The third-order valence-electron chi connectivity index (χ3n) is 4.71. The number of hydrogen-bond acceptors (Lipinski definition) is 3. The Bertz CT molecular complexity index is 1170. The second kappa shape index (κ2) is 6.38. The van der Waals surface area contributed by atoms with Crippen LogP contribution in [0.2, 0.25) is 0 Å². The summed E-state index contributed by atoms with van der Waals surface area (Å²) in [7, 11) is -0.630. The zero-order chi connectivity index (χ0) is 20.1. The maximum Gasteiger partial charge on any atom is 0.326 e. The van der Waals surface area contributed by atoms with Crippen molar-refractivity contribution in [2.75, 3.05) is 28.0 Å². The molecule has 9 heteroatoms. The van der Waals surface area contributed by atoms with E-state index in [1.54, 1.807) is 42.6 Å².